The Kier molecular flexibility index (Phi) is 7.73. The van der Waals surface area contributed by atoms with Gasteiger partial charge in [-0.05, 0) is 62.9 Å². The molecule has 2 N–H and O–H groups in total. The molecule has 5 rings (SSSR count). The molecule has 1 aromatic carbocycles. The SMILES string of the molecule is CCOc1ccc(Br)cc1CN1CCC(NC(=O)C2CCCc3sc(NC(=O)c4ccco4)nc32)C1. The Morgan fingerprint density at radius 2 is 2.19 bits per heavy atom. The second-order valence-corrected chi connectivity index (χ2v) is 11.1. The second kappa shape index (κ2) is 11.1. The number of amides is 2. The zero-order chi connectivity index (χ0) is 25.1. The molecule has 2 unspecified atom stereocenters. The third-order valence-electron chi connectivity index (χ3n) is 6.57. The van der Waals surface area contributed by atoms with Crippen molar-refractivity contribution in [2.24, 2.45) is 0 Å². The summed E-state index contributed by atoms with van der Waals surface area (Å²) < 4.78 is 12.0. The summed E-state index contributed by atoms with van der Waals surface area (Å²) in [7, 11) is 0. The summed E-state index contributed by atoms with van der Waals surface area (Å²) >= 11 is 5.00. The Bertz CT molecular complexity index is 1230. The number of hydrogen-bond donors (Lipinski definition) is 2. The lowest BCUT2D eigenvalue weighted by molar-refractivity contribution is -0.123. The van der Waals surface area contributed by atoms with Crippen LogP contribution in [0.3, 0.4) is 0 Å². The zero-order valence-corrected chi connectivity index (χ0v) is 22.5. The van der Waals surface area contributed by atoms with Crippen LogP contribution in [0.2, 0.25) is 0 Å². The average molecular weight is 574 g/mol. The van der Waals surface area contributed by atoms with Crippen LogP contribution in [-0.4, -0.2) is 47.4 Å². The number of likely N-dealkylation sites (tertiary alicyclic amines) is 1. The smallest absolute Gasteiger partial charge is 0.293 e. The minimum Gasteiger partial charge on any atom is -0.494 e. The number of ether oxygens (including phenoxy) is 1. The number of nitrogens with zero attached hydrogens (tertiary/aromatic N) is 2. The first kappa shape index (κ1) is 25.0. The van der Waals surface area contributed by atoms with Crippen LogP contribution < -0.4 is 15.4 Å². The largest absolute Gasteiger partial charge is 0.494 e. The van der Waals surface area contributed by atoms with Crippen LogP contribution in [0, 0.1) is 0 Å². The van der Waals surface area contributed by atoms with Crippen LogP contribution in [0.15, 0.2) is 45.5 Å². The molecule has 0 spiro atoms. The van der Waals surface area contributed by atoms with Gasteiger partial charge in [-0.1, -0.05) is 15.9 Å². The summed E-state index contributed by atoms with van der Waals surface area (Å²) in [6.07, 6.45) is 4.94. The van der Waals surface area contributed by atoms with E-state index in [1.54, 1.807) is 12.1 Å². The van der Waals surface area contributed by atoms with Crippen LogP contribution >= 0.6 is 27.3 Å². The number of anilines is 1. The number of carbonyl (C=O) groups excluding carboxylic acids is 2. The van der Waals surface area contributed by atoms with E-state index in [0.717, 1.165) is 71.7 Å². The molecule has 3 aromatic rings. The number of rotatable bonds is 8. The first-order chi connectivity index (χ1) is 17.5. The topological polar surface area (TPSA) is 96.7 Å². The van der Waals surface area contributed by atoms with Gasteiger partial charge in [-0.3, -0.25) is 19.8 Å². The van der Waals surface area contributed by atoms with E-state index in [1.807, 2.05) is 19.1 Å². The second-order valence-electron chi connectivity index (χ2n) is 9.12. The van der Waals surface area contributed by atoms with Crippen molar-refractivity contribution < 1.29 is 18.7 Å². The van der Waals surface area contributed by atoms with E-state index in [-0.39, 0.29) is 29.5 Å². The molecule has 2 aliphatic rings. The number of benzene rings is 1. The predicted molar refractivity (Wildman–Crippen MR) is 142 cm³/mol. The van der Waals surface area contributed by atoms with Crippen molar-refractivity contribution in [2.45, 2.75) is 51.1 Å². The molecule has 2 amide bonds. The van der Waals surface area contributed by atoms with E-state index in [0.29, 0.717) is 11.7 Å². The quantitative estimate of drug-likeness (QED) is 0.396. The van der Waals surface area contributed by atoms with Crippen molar-refractivity contribution in [1.82, 2.24) is 15.2 Å². The van der Waals surface area contributed by atoms with Crippen molar-refractivity contribution in [2.75, 3.05) is 25.0 Å². The molecule has 0 bridgehead atoms. The fourth-order valence-corrected chi connectivity index (χ4v) is 6.37. The van der Waals surface area contributed by atoms with Gasteiger partial charge in [0.1, 0.15) is 5.75 Å². The van der Waals surface area contributed by atoms with Crippen LogP contribution in [0.25, 0.3) is 0 Å². The standard InChI is InChI=1S/C26H29BrN4O4S/c1-2-34-20-9-8-17(27)13-16(20)14-31-11-10-18(15-31)28-24(32)19-5-3-7-22-23(19)29-26(36-22)30-25(33)21-6-4-12-35-21/h4,6,8-9,12-13,18-19H,2-3,5,7,10-11,14-15H2,1H3,(H,28,32)(H,29,30,33). The summed E-state index contributed by atoms with van der Waals surface area (Å²) in [4.78, 5) is 33.7. The molecule has 0 saturated carbocycles. The highest BCUT2D eigenvalue weighted by Gasteiger charge is 2.33. The van der Waals surface area contributed by atoms with E-state index < -0.39 is 0 Å². The highest BCUT2D eigenvalue weighted by molar-refractivity contribution is 9.10. The monoisotopic (exact) mass is 572 g/mol. The summed E-state index contributed by atoms with van der Waals surface area (Å²) in [5.74, 6) is 0.536. The van der Waals surface area contributed by atoms with Gasteiger partial charge in [-0.2, -0.15) is 0 Å². The summed E-state index contributed by atoms with van der Waals surface area (Å²) in [5.41, 5.74) is 1.94. The summed E-state index contributed by atoms with van der Waals surface area (Å²) in [6.45, 7) is 5.10. The maximum atomic E-state index is 13.3. The van der Waals surface area contributed by atoms with Crippen LogP contribution in [0.5, 0.6) is 5.75 Å². The van der Waals surface area contributed by atoms with Gasteiger partial charge in [0.15, 0.2) is 10.9 Å². The Labute approximate surface area is 222 Å². The highest BCUT2D eigenvalue weighted by atomic mass is 79.9. The molecule has 0 radical (unpaired) electrons. The maximum Gasteiger partial charge on any atom is 0.293 e. The molecule has 1 saturated heterocycles. The first-order valence-electron chi connectivity index (χ1n) is 12.3. The number of nitrogens with one attached hydrogen (secondary N) is 2. The normalized spacial score (nSPS) is 19.6. The summed E-state index contributed by atoms with van der Waals surface area (Å²) in [5, 5.41) is 6.58. The van der Waals surface area contributed by atoms with E-state index in [4.69, 9.17) is 9.15 Å². The zero-order valence-electron chi connectivity index (χ0n) is 20.1. The van der Waals surface area contributed by atoms with Gasteiger partial charge in [-0.15, -0.1) is 11.3 Å². The molecule has 190 valence electrons. The molecule has 10 heteroatoms. The number of fused-ring (bicyclic) bond motifs is 1. The van der Waals surface area contributed by atoms with Crippen molar-refractivity contribution >= 4 is 44.2 Å². The molecule has 1 aliphatic carbocycles. The number of aromatic nitrogens is 1. The Balaban J connectivity index is 1.20. The van der Waals surface area contributed by atoms with Gasteiger partial charge in [0.25, 0.3) is 5.91 Å². The molecule has 36 heavy (non-hydrogen) atoms. The maximum absolute atomic E-state index is 13.3. The molecule has 1 aliphatic heterocycles. The molecular formula is C26H29BrN4O4S. The van der Waals surface area contributed by atoms with Crippen molar-refractivity contribution in [3.05, 3.63) is 63.0 Å². The third kappa shape index (κ3) is 5.66. The summed E-state index contributed by atoms with van der Waals surface area (Å²) in [6, 6.07) is 9.47. The number of aryl methyl sites for hydroxylation is 1. The molecule has 1 fully saturated rings. The number of thiazole rings is 1. The fraction of sp³-hybridized carbons (Fsp3) is 0.423. The lowest BCUT2D eigenvalue weighted by Crippen LogP contribution is -2.40. The minimum atomic E-state index is -0.337. The van der Waals surface area contributed by atoms with E-state index in [1.165, 1.54) is 17.6 Å². The molecule has 2 atom stereocenters. The lowest BCUT2D eigenvalue weighted by Gasteiger charge is -2.23. The Hall–Kier alpha value is -2.69. The van der Waals surface area contributed by atoms with Gasteiger partial charge < -0.3 is 14.5 Å². The number of carbonyl (C=O) groups is 2. The third-order valence-corrected chi connectivity index (χ3v) is 8.11. The Morgan fingerprint density at radius 1 is 1.31 bits per heavy atom. The highest BCUT2D eigenvalue weighted by Crippen LogP contribution is 2.37. The molecule has 2 aromatic heterocycles. The number of furan rings is 1. The molecule has 8 nitrogen and oxygen atoms in total. The predicted octanol–water partition coefficient (Wildman–Crippen LogP) is 4.96. The van der Waals surface area contributed by atoms with Gasteiger partial charge >= 0.3 is 0 Å². The van der Waals surface area contributed by atoms with Crippen molar-refractivity contribution in [3.63, 3.8) is 0 Å². The van der Waals surface area contributed by atoms with Gasteiger partial charge in [0.05, 0.1) is 24.5 Å². The lowest BCUT2D eigenvalue weighted by atomic mass is 9.90. The average Bonchev–Trinajstić information content (AvgIpc) is 3.61. The van der Waals surface area contributed by atoms with Crippen molar-refractivity contribution in [1.29, 1.82) is 0 Å². The Morgan fingerprint density at radius 3 is 3.00 bits per heavy atom. The van der Waals surface area contributed by atoms with Gasteiger partial charge in [0.2, 0.25) is 5.91 Å². The minimum absolute atomic E-state index is 0.0227. The van der Waals surface area contributed by atoms with E-state index in [2.05, 4.69) is 42.5 Å². The van der Waals surface area contributed by atoms with Gasteiger partial charge in [0, 0.05) is 40.6 Å². The van der Waals surface area contributed by atoms with Crippen LogP contribution in [0.1, 0.15) is 58.8 Å². The van der Waals surface area contributed by atoms with E-state index >= 15 is 0 Å². The van der Waals surface area contributed by atoms with Crippen LogP contribution in [-0.2, 0) is 17.8 Å². The van der Waals surface area contributed by atoms with Crippen molar-refractivity contribution in [3.8, 4) is 5.75 Å². The number of halogens is 1. The van der Waals surface area contributed by atoms with E-state index in [9.17, 15) is 9.59 Å². The number of hydrogen-bond acceptors (Lipinski definition) is 7. The molecular weight excluding hydrogens is 544 g/mol. The molecule has 3 heterocycles. The van der Waals surface area contributed by atoms with Gasteiger partial charge in [-0.25, -0.2) is 4.98 Å². The van der Waals surface area contributed by atoms with Crippen LogP contribution in [0.4, 0.5) is 5.13 Å². The first-order valence-corrected chi connectivity index (χ1v) is 13.9. The fourth-order valence-electron chi connectivity index (χ4n) is 4.90.